The summed E-state index contributed by atoms with van der Waals surface area (Å²) in [5.41, 5.74) is 2.99. The predicted molar refractivity (Wildman–Crippen MR) is 84.4 cm³/mol. The lowest BCUT2D eigenvalue weighted by molar-refractivity contribution is 0.357. The largest absolute Gasteiger partial charge is 0.309 e. The van der Waals surface area contributed by atoms with E-state index < -0.39 is 0 Å². The molecule has 0 aliphatic rings. The molecule has 20 heavy (non-hydrogen) atoms. The molecule has 0 aliphatic heterocycles. The minimum absolute atomic E-state index is 0.119. The van der Waals surface area contributed by atoms with Gasteiger partial charge in [-0.25, -0.2) is 9.97 Å². The number of aromatic nitrogens is 3. The van der Waals surface area contributed by atoms with Crippen molar-refractivity contribution < 1.29 is 0 Å². The van der Waals surface area contributed by atoms with E-state index in [9.17, 15) is 0 Å². The Morgan fingerprint density at radius 2 is 2.05 bits per heavy atom. The number of rotatable bonds is 5. The maximum Gasteiger partial charge on any atom is 0.160 e. The van der Waals surface area contributed by atoms with Crippen molar-refractivity contribution in [2.45, 2.75) is 38.6 Å². The minimum Gasteiger partial charge on any atom is -0.309 e. The molecular weight excluding hydrogens is 272 g/mol. The first-order valence-corrected chi connectivity index (χ1v) is 7.47. The number of aryl methyl sites for hydroxylation is 1. The molecule has 0 radical (unpaired) electrons. The minimum atomic E-state index is -0.119. The highest BCUT2D eigenvalue weighted by Crippen LogP contribution is 2.28. The van der Waals surface area contributed by atoms with Crippen LogP contribution in [0.3, 0.4) is 0 Å². The molecule has 2 aromatic rings. The smallest absolute Gasteiger partial charge is 0.160 e. The Kier molecular flexibility index (Phi) is 4.66. The van der Waals surface area contributed by atoms with Crippen LogP contribution in [0.25, 0.3) is 11.2 Å². The summed E-state index contributed by atoms with van der Waals surface area (Å²) in [5, 5.41) is -0.119. The number of hydrogen-bond donors (Lipinski definition) is 0. The topological polar surface area (TPSA) is 34.0 Å². The molecule has 2 aromatic heterocycles. The van der Waals surface area contributed by atoms with Crippen molar-refractivity contribution >= 4 is 22.8 Å². The van der Waals surface area contributed by atoms with Crippen LogP contribution in [-0.2, 0) is 0 Å². The van der Waals surface area contributed by atoms with Crippen LogP contribution in [-0.4, -0.2) is 40.1 Å². The summed E-state index contributed by atoms with van der Waals surface area (Å²) in [7, 11) is 4.18. The van der Waals surface area contributed by atoms with Gasteiger partial charge in [-0.1, -0.05) is 0 Å². The molecule has 2 heterocycles. The standard InChI is InChI=1S/C15H23ClN4/c1-10-8-13-15(17-9-10)20(14(18-13)12(3)16)11(2)6-7-19(4)5/h8-9,11-12H,6-7H2,1-5H3. The summed E-state index contributed by atoms with van der Waals surface area (Å²) in [6.45, 7) is 7.23. The van der Waals surface area contributed by atoms with Crippen molar-refractivity contribution in [2.75, 3.05) is 20.6 Å². The van der Waals surface area contributed by atoms with Gasteiger partial charge in [0.05, 0.1) is 5.38 Å². The fraction of sp³-hybridized carbons (Fsp3) is 0.600. The summed E-state index contributed by atoms with van der Waals surface area (Å²) in [6, 6.07) is 2.40. The second-order valence-electron chi connectivity index (χ2n) is 5.75. The van der Waals surface area contributed by atoms with Crippen LogP contribution < -0.4 is 0 Å². The van der Waals surface area contributed by atoms with Gasteiger partial charge in [-0.05, 0) is 59.5 Å². The Bertz CT molecular complexity index is 589. The van der Waals surface area contributed by atoms with Gasteiger partial charge in [0, 0.05) is 12.2 Å². The van der Waals surface area contributed by atoms with E-state index in [0.717, 1.165) is 35.5 Å². The Balaban J connectivity index is 2.45. The zero-order valence-corrected chi connectivity index (χ0v) is 13.6. The molecule has 0 aliphatic carbocycles. The van der Waals surface area contributed by atoms with Crippen LogP contribution in [0.15, 0.2) is 12.3 Å². The number of nitrogens with zero attached hydrogens (tertiary/aromatic N) is 4. The van der Waals surface area contributed by atoms with Gasteiger partial charge in [0.25, 0.3) is 0 Å². The van der Waals surface area contributed by atoms with Gasteiger partial charge in [0.2, 0.25) is 0 Å². The molecular formula is C15H23ClN4. The highest BCUT2D eigenvalue weighted by Gasteiger charge is 2.20. The molecule has 0 bridgehead atoms. The van der Waals surface area contributed by atoms with Crippen molar-refractivity contribution in [1.82, 2.24) is 19.4 Å². The van der Waals surface area contributed by atoms with Crippen LogP contribution in [0, 0.1) is 6.92 Å². The molecule has 110 valence electrons. The van der Waals surface area contributed by atoms with Crippen LogP contribution in [0.2, 0.25) is 0 Å². The van der Waals surface area contributed by atoms with Gasteiger partial charge in [-0.3, -0.25) is 0 Å². The van der Waals surface area contributed by atoms with Crippen LogP contribution in [0.4, 0.5) is 0 Å². The molecule has 5 heteroatoms. The molecule has 2 unspecified atom stereocenters. The molecule has 2 rings (SSSR count). The van der Waals surface area contributed by atoms with E-state index in [1.165, 1.54) is 0 Å². The summed E-state index contributed by atoms with van der Waals surface area (Å²) < 4.78 is 2.19. The quantitative estimate of drug-likeness (QED) is 0.791. The second-order valence-corrected chi connectivity index (χ2v) is 6.41. The van der Waals surface area contributed by atoms with E-state index in [4.69, 9.17) is 11.6 Å². The third kappa shape index (κ3) is 3.13. The summed E-state index contributed by atoms with van der Waals surface area (Å²) >= 11 is 6.30. The van der Waals surface area contributed by atoms with Crippen LogP contribution >= 0.6 is 11.6 Å². The molecule has 0 N–H and O–H groups in total. The highest BCUT2D eigenvalue weighted by molar-refractivity contribution is 6.20. The molecule has 0 spiro atoms. The van der Waals surface area contributed by atoms with Crippen molar-refractivity contribution in [3.8, 4) is 0 Å². The van der Waals surface area contributed by atoms with Gasteiger partial charge in [0.15, 0.2) is 5.65 Å². The average molecular weight is 295 g/mol. The molecule has 0 saturated heterocycles. The van der Waals surface area contributed by atoms with E-state index in [-0.39, 0.29) is 5.38 Å². The molecule has 4 nitrogen and oxygen atoms in total. The van der Waals surface area contributed by atoms with Gasteiger partial charge < -0.3 is 9.47 Å². The van der Waals surface area contributed by atoms with Crippen LogP contribution in [0.5, 0.6) is 0 Å². The lowest BCUT2D eigenvalue weighted by atomic mass is 10.2. The number of imidazole rings is 1. The van der Waals surface area contributed by atoms with Crippen molar-refractivity contribution in [3.63, 3.8) is 0 Å². The first kappa shape index (κ1) is 15.3. The first-order valence-electron chi connectivity index (χ1n) is 7.03. The molecule has 0 fully saturated rings. The summed E-state index contributed by atoms with van der Waals surface area (Å²) in [6.07, 6.45) is 2.94. The van der Waals surface area contributed by atoms with E-state index in [1.807, 2.05) is 20.0 Å². The maximum absolute atomic E-state index is 6.30. The maximum atomic E-state index is 6.30. The number of halogens is 1. The average Bonchev–Trinajstić information content (AvgIpc) is 2.74. The van der Waals surface area contributed by atoms with E-state index >= 15 is 0 Å². The summed E-state index contributed by atoms with van der Waals surface area (Å²) in [5.74, 6) is 0.908. The number of fused-ring (bicyclic) bond motifs is 1. The Hall–Kier alpha value is -1.13. The van der Waals surface area contributed by atoms with E-state index in [0.29, 0.717) is 6.04 Å². The van der Waals surface area contributed by atoms with Gasteiger partial charge in [-0.15, -0.1) is 11.6 Å². The lowest BCUT2D eigenvalue weighted by Crippen LogP contribution is -2.19. The number of alkyl halides is 1. The monoisotopic (exact) mass is 294 g/mol. The van der Waals surface area contributed by atoms with Gasteiger partial charge in [-0.2, -0.15) is 0 Å². The third-order valence-corrected chi connectivity index (χ3v) is 3.68. The first-order chi connectivity index (χ1) is 9.40. The van der Waals surface area contributed by atoms with Crippen LogP contribution in [0.1, 0.15) is 43.1 Å². The Labute approximate surface area is 125 Å². The second kappa shape index (κ2) is 6.10. The van der Waals surface area contributed by atoms with E-state index in [2.05, 4.69) is 46.5 Å². The van der Waals surface area contributed by atoms with Crippen molar-refractivity contribution in [2.24, 2.45) is 0 Å². The Morgan fingerprint density at radius 1 is 1.35 bits per heavy atom. The van der Waals surface area contributed by atoms with Gasteiger partial charge >= 0.3 is 0 Å². The summed E-state index contributed by atoms with van der Waals surface area (Å²) in [4.78, 5) is 11.4. The molecule has 0 saturated carbocycles. The fourth-order valence-electron chi connectivity index (χ4n) is 2.39. The lowest BCUT2D eigenvalue weighted by Gasteiger charge is -2.20. The molecule has 2 atom stereocenters. The van der Waals surface area contributed by atoms with Gasteiger partial charge in [0.1, 0.15) is 11.3 Å². The number of hydrogen-bond acceptors (Lipinski definition) is 3. The zero-order chi connectivity index (χ0) is 14.9. The third-order valence-electron chi connectivity index (χ3n) is 3.48. The Morgan fingerprint density at radius 3 is 2.65 bits per heavy atom. The SMILES string of the molecule is Cc1cnc2c(c1)nc(C(C)Cl)n2C(C)CCN(C)C. The highest BCUT2D eigenvalue weighted by atomic mass is 35.5. The molecule has 0 amide bonds. The normalized spacial score (nSPS) is 14.9. The van der Waals surface area contributed by atoms with Crippen molar-refractivity contribution in [3.05, 3.63) is 23.7 Å². The zero-order valence-electron chi connectivity index (χ0n) is 12.9. The van der Waals surface area contributed by atoms with Crippen molar-refractivity contribution in [1.29, 1.82) is 0 Å². The fourth-order valence-corrected chi connectivity index (χ4v) is 2.54. The molecule has 0 aromatic carbocycles. The number of pyridine rings is 1. The van der Waals surface area contributed by atoms with E-state index in [1.54, 1.807) is 0 Å². The predicted octanol–water partition coefficient (Wildman–Crippen LogP) is 3.55.